The van der Waals surface area contributed by atoms with Crippen LogP contribution in [0.4, 0.5) is 4.39 Å². The Morgan fingerprint density at radius 2 is 2.11 bits per heavy atom. The molecule has 0 aliphatic rings. The maximum Gasteiger partial charge on any atom is 0.240 e. The van der Waals surface area contributed by atoms with Crippen LogP contribution < -0.4 is 10.0 Å². The van der Waals surface area contributed by atoms with Crippen molar-refractivity contribution < 1.29 is 17.5 Å². The number of nitrogens with one attached hydrogen (secondary N) is 2. The maximum absolute atomic E-state index is 13.6. The van der Waals surface area contributed by atoms with E-state index < -0.39 is 15.8 Å². The van der Waals surface area contributed by atoms with Crippen LogP contribution in [0.2, 0.25) is 5.02 Å². The quantitative estimate of drug-likeness (QED) is 0.741. The molecule has 8 heteroatoms. The number of hydrogen-bond donors (Lipinski definition) is 2. The van der Waals surface area contributed by atoms with Crippen LogP contribution in [0.25, 0.3) is 0 Å². The molecule has 0 bridgehead atoms. The van der Waals surface area contributed by atoms with E-state index in [9.17, 15) is 12.8 Å². The molecule has 0 saturated carbocycles. The SMILES string of the molecule is CNCc1cc(S(=O)(=O)NCCOC)cc(F)c1Cl. The highest BCUT2D eigenvalue weighted by atomic mass is 35.5. The van der Waals surface area contributed by atoms with Gasteiger partial charge in [0.2, 0.25) is 10.0 Å². The van der Waals surface area contributed by atoms with Crippen LogP contribution in [0.5, 0.6) is 0 Å². The van der Waals surface area contributed by atoms with Crippen molar-refractivity contribution >= 4 is 21.6 Å². The topological polar surface area (TPSA) is 67.4 Å². The predicted octanol–water partition coefficient (Wildman–Crippen LogP) is 1.12. The summed E-state index contributed by atoms with van der Waals surface area (Å²) in [5.41, 5.74) is 0.385. The Morgan fingerprint density at radius 3 is 2.68 bits per heavy atom. The molecule has 108 valence electrons. The summed E-state index contributed by atoms with van der Waals surface area (Å²) in [5, 5.41) is 2.72. The van der Waals surface area contributed by atoms with Gasteiger partial charge in [-0.05, 0) is 24.7 Å². The highest BCUT2D eigenvalue weighted by Gasteiger charge is 2.18. The second kappa shape index (κ2) is 7.16. The molecule has 0 radical (unpaired) electrons. The van der Waals surface area contributed by atoms with Gasteiger partial charge in [-0.25, -0.2) is 17.5 Å². The molecule has 19 heavy (non-hydrogen) atoms. The van der Waals surface area contributed by atoms with Gasteiger partial charge < -0.3 is 10.1 Å². The van der Waals surface area contributed by atoms with Gasteiger partial charge in [-0.2, -0.15) is 0 Å². The molecule has 1 aromatic carbocycles. The van der Waals surface area contributed by atoms with Crippen molar-refractivity contribution in [2.75, 3.05) is 27.3 Å². The molecule has 0 heterocycles. The van der Waals surface area contributed by atoms with Gasteiger partial charge >= 0.3 is 0 Å². The first-order valence-electron chi connectivity index (χ1n) is 5.53. The molecule has 0 aliphatic heterocycles. The Morgan fingerprint density at radius 1 is 1.42 bits per heavy atom. The van der Waals surface area contributed by atoms with E-state index >= 15 is 0 Å². The number of methoxy groups -OCH3 is 1. The van der Waals surface area contributed by atoms with Gasteiger partial charge in [-0.3, -0.25) is 0 Å². The largest absolute Gasteiger partial charge is 0.383 e. The first-order valence-corrected chi connectivity index (χ1v) is 7.39. The number of ether oxygens (including phenoxy) is 1. The van der Waals surface area contributed by atoms with Crippen molar-refractivity contribution in [3.05, 3.63) is 28.5 Å². The molecule has 5 nitrogen and oxygen atoms in total. The van der Waals surface area contributed by atoms with Crippen molar-refractivity contribution in [1.29, 1.82) is 0 Å². The Bertz CT molecular complexity index is 537. The lowest BCUT2D eigenvalue weighted by Gasteiger charge is -2.10. The smallest absolute Gasteiger partial charge is 0.240 e. The molecule has 0 unspecified atom stereocenters. The summed E-state index contributed by atoms with van der Waals surface area (Å²) in [6.07, 6.45) is 0. The monoisotopic (exact) mass is 310 g/mol. The molecule has 0 spiro atoms. The third-order valence-electron chi connectivity index (χ3n) is 2.35. The Kier molecular flexibility index (Phi) is 6.15. The molecule has 0 aromatic heterocycles. The fraction of sp³-hybridized carbons (Fsp3) is 0.455. The van der Waals surface area contributed by atoms with Crippen LogP contribution in [-0.2, 0) is 21.3 Å². The molecular weight excluding hydrogens is 295 g/mol. The van der Waals surface area contributed by atoms with Gasteiger partial charge in [0.05, 0.1) is 16.5 Å². The molecule has 1 rings (SSSR count). The fourth-order valence-electron chi connectivity index (χ4n) is 1.45. The summed E-state index contributed by atoms with van der Waals surface area (Å²) in [6.45, 7) is 0.625. The zero-order valence-electron chi connectivity index (χ0n) is 10.7. The van der Waals surface area contributed by atoms with E-state index in [-0.39, 0.29) is 29.6 Å². The average Bonchev–Trinajstić information content (AvgIpc) is 2.35. The third-order valence-corrected chi connectivity index (χ3v) is 4.22. The standard InChI is InChI=1S/C11H16ClFN2O3S/c1-14-7-8-5-9(6-10(13)11(8)12)19(16,17)15-3-4-18-2/h5-6,14-15H,3-4,7H2,1-2H3. The van der Waals surface area contributed by atoms with Gasteiger partial charge in [0.15, 0.2) is 0 Å². The second-order valence-electron chi connectivity index (χ2n) is 3.80. The van der Waals surface area contributed by atoms with E-state index in [0.29, 0.717) is 5.56 Å². The summed E-state index contributed by atoms with van der Waals surface area (Å²) < 4.78 is 44.5. The van der Waals surface area contributed by atoms with Crippen molar-refractivity contribution in [2.45, 2.75) is 11.4 Å². The van der Waals surface area contributed by atoms with Crippen molar-refractivity contribution in [1.82, 2.24) is 10.0 Å². The van der Waals surface area contributed by atoms with Crippen molar-refractivity contribution in [3.63, 3.8) is 0 Å². The molecular formula is C11H16ClFN2O3S. The zero-order chi connectivity index (χ0) is 14.5. The van der Waals surface area contributed by atoms with E-state index in [4.69, 9.17) is 16.3 Å². The molecule has 2 N–H and O–H groups in total. The van der Waals surface area contributed by atoms with E-state index in [0.717, 1.165) is 6.07 Å². The molecule has 0 amide bonds. The molecule has 1 aromatic rings. The van der Waals surface area contributed by atoms with Crippen LogP contribution in [0.15, 0.2) is 17.0 Å². The highest BCUT2D eigenvalue weighted by molar-refractivity contribution is 7.89. The minimum Gasteiger partial charge on any atom is -0.383 e. The summed E-state index contributed by atoms with van der Waals surface area (Å²) in [5.74, 6) is -0.762. The van der Waals surface area contributed by atoms with E-state index in [2.05, 4.69) is 10.0 Å². The van der Waals surface area contributed by atoms with E-state index in [1.165, 1.54) is 13.2 Å². The number of sulfonamides is 1. The minimum atomic E-state index is -3.77. The molecule has 0 atom stereocenters. The average molecular weight is 311 g/mol. The maximum atomic E-state index is 13.6. The number of hydrogen-bond acceptors (Lipinski definition) is 4. The summed E-state index contributed by atoms with van der Waals surface area (Å²) >= 11 is 5.77. The van der Waals surface area contributed by atoms with Gasteiger partial charge in [0.1, 0.15) is 5.82 Å². The molecule has 0 saturated heterocycles. The lowest BCUT2D eigenvalue weighted by molar-refractivity contribution is 0.204. The minimum absolute atomic E-state index is 0.0785. The van der Waals surface area contributed by atoms with Gasteiger partial charge in [0.25, 0.3) is 0 Å². The first kappa shape index (κ1) is 16.3. The number of halogens is 2. The van der Waals surface area contributed by atoms with Gasteiger partial charge in [-0.1, -0.05) is 11.6 Å². The van der Waals surface area contributed by atoms with Crippen molar-refractivity contribution in [3.8, 4) is 0 Å². The van der Waals surface area contributed by atoms with Gasteiger partial charge in [0, 0.05) is 20.2 Å². The fourth-order valence-corrected chi connectivity index (χ4v) is 2.70. The lowest BCUT2D eigenvalue weighted by Crippen LogP contribution is -2.27. The summed E-state index contributed by atoms with van der Waals surface area (Å²) in [6, 6.07) is 2.24. The highest BCUT2D eigenvalue weighted by Crippen LogP contribution is 2.24. The van der Waals surface area contributed by atoms with Crippen LogP contribution >= 0.6 is 11.6 Å². The Hall–Kier alpha value is -0.730. The van der Waals surface area contributed by atoms with Crippen LogP contribution in [-0.4, -0.2) is 35.7 Å². The third kappa shape index (κ3) is 4.39. The zero-order valence-corrected chi connectivity index (χ0v) is 12.2. The molecule has 0 fully saturated rings. The van der Waals surface area contributed by atoms with Gasteiger partial charge in [-0.15, -0.1) is 0 Å². The first-order chi connectivity index (χ1) is 8.92. The van der Waals surface area contributed by atoms with E-state index in [1.54, 1.807) is 7.05 Å². The summed E-state index contributed by atoms with van der Waals surface area (Å²) in [7, 11) is -0.650. The van der Waals surface area contributed by atoms with Crippen LogP contribution in [0.1, 0.15) is 5.56 Å². The summed E-state index contributed by atoms with van der Waals surface area (Å²) in [4.78, 5) is -0.157. The van der Waals surface area contributed by atoms with E-state index in [1.807, 2.05) is 0 Å². The number of rotatable bonds is 7. The lowest BCUT2D eigenvalue weighted by atomic mass is 10.2. The Balaban J connectivity index is 3.06. The van der Waals surface area contributed by atoms with Crippen LogP contribution in [0.3, 0.4) is 0 Å². The normalized spacial score (nSPS) is 11.8. The Labute approximate surface area is 117 Å². The number of benzene rings is 1. The van der Waals surface area contributed by atoms with Crippen molar-refractivity contribution in [2.24, 2.45) is 0 Å². The van der Waals surface area contributed by atoms with Crippen LogP contribution in [0, 0.1) is 5.82 Å². The molecule has 0 aliphatic carbocycles. The predicted molar refractivity (Wildman–Crippen MR) is 71.2 cm³/mol. The second-order valence-corrected chi connectivity index (χ2v) is 5.94.